The molecule has 126 valence electrons. The first kappa shape index (κ1) is 17.1. The van der Waals surface area contributed by atoms with Gasteiger partial charge in [-0.1, -0.05) is 19.3 Å². The molecule has 2 rings (SSSR count). The molecule has 1 fully saturated rings. The molecule has 1 saturated heterocycles. The van der Waals surface area contributed by atoms with Gasteiger partial charge in [0.1, 0.15) is 6.54 Å². The lowest BCUT2D eigenvalue weighted by Gasteiger charge is -2.24. The molecule has 1 aliphatic heterocycles. The van der Waals surface area contributed by atoms with Crippen molar-refractivity contribution in [2.24, 2.45) is 0 Å². The zero-order valence-electron chi connectivity index (χ0n) is 13.1. The number of hydrogen-bond acceptors (Lipinski definition) is 5. The molecule has 0 aromatic carbocycles. The normalized spacial score (nSPS) is 15.4. The fourth-order valence-corrected chi connectivity index (χ4v) is 2.43. The average Bonchev–Trinajstić information content (AvgIpc) is 3.04. The van der Waals surface area contributed by atoms with Gasteiger partial charge in [0.25, 0.3) is 11.8 Å². The van der Waals surface area contributed by atoms with Crippen molar-refractivity contribution >= 4 is 17.8 Å². The number of rotatable bonds is 5. The summed E-state index contributed by atoms with van der Waals surface area (Å²) in [6, 6.07) is 3.07. The number of nitrogens with one attached hydrogen (secondary N) is 1. The second-order valence-electron chi connectivity index (χ2n) is 5.47. The third-order valence-electron chi connectivity index (χ3n) is 3.70. The minimum absolute atomic E-state index is 0.120. The Morgan fingerprint density at radius 3 is 2.48 bits per heavy atom. The van der Waals surface area contributed by atoms with Gasteiger partial charge in [0.2, 0.25) is 0 Å². The minimum atomic E-state index is -0.648. The molecule has 0 radical (unpaired) electrons. The Labute approximate surface area is 135 Å². The molecule has 7 heteroatoms. The van der Waals surface area contributed by atoms with Gasteiger partial charge in [-0.15, -0.1) is 0 Å². The van der Waals surface area contributed by atoms with Crippen LogP contribution in [0.25, 0.3) is 0 Å². The predicted molar refractivity (Wildman–Crippen MR) is 81.7 cm³/mol. The van der Waals surface area contributed by atoms with E-state index in [1.807, 2.05) is 0 Å². The molecule has 1 aromatic rings. The van der Waals surface area contributed by atoms with Crippen LogP contribution in [0.15, 0.2) is 22.8 Å². The van der Waals surface area contributed by atoms with Crippen LogP contribution in [-0.4, -0.2) is 48.9 Å². The Morgan fingerprint density at radius 2 is 1.83 bits per heavy atom. The highest BCUT2D eigenvalue weighted by Crippen LogP contribution is 2.10. The third kappa shape index (κ3) is 5.77. The van der Waals surface area contributed by atoms with Crippen molar-refractivity contribution in [3.8, 4) is 0 Å². The van der Waals surface area contributed by atoms with Crippen molar-refractivity contribution in [1.82, 2.24) is 10.2 Å². The van der Waals surface area contributed by atoms with E-state index in [0.717, 1.165) is 25.7 Å². The first-order valence-electron chi connectivity index (χ1n) is 7.92. The maximum absolute atomic E-state index is 12.0. The van der Waals surface area contributed by atoms with Crippen LogP contribution in [0.5, 0.6) is 0 Å². The Hall–Kier alpha value is -2.31. The van der Waals surface area contributed by atoms with Crippen molar-refractivity contribution in [1.29, 1.82) is 0 Å². The van der Waals surface area contributed by atoms with Gasteiger partial charge in [-0.3, -0.25) is 14.4 Å². The van der Waals surface area contributed by atoms with Crippen LogP contribution in [0.1, 0.15) is 42.7 Å². The zero-order chi connectivity index (χ0) is 16.5. The van der Waals surface area contributed by atoms with E-state index in [1.165, 1.54) is 18.8 Å². The monoisotopic (exact) mass is 322 g/mol. The van der Waals surface area contributed by atoms with Crippen LogP contribution >= 0.6 is 0 Å². The van der Waals surface area contributed by atoms with E-state index in [2.05, 4.69) is 5.32 Å². The van der Waals surface area contributed by atoms with Crippen LogP contribution in [0.4, 0.5) is 0 Å². The maximum Gasteiger partial charge on any atom is 0.325 e. The van der Waals surface area contributed by atoms with Gasteiger partial charge in [-0.25, -0.2) is 0 Å². The fourth-order valence-electron chi connectivity index (χ4n) is 2.43. The van der Waals surface area contributed by atoms with E-state index in [1.54, 1.807) is 11.0 Å². The Kier molecular flexibility index (Phi) is 6.65. The van der Waals surface area contributed by atoms with Crippen LogP contribution in [-0.2, 0) is 14.3 Å². The summed E-state index contributed by atoms with van der Waals surface area (Å²) in [7, 11) is 0. The van der Waals surface area contributed by atoms with Crippen LogP contribution in [0, 0.1) is 0 Å². The molecule has 0 aliphatic carbocycles. The van der Waals surface area contributed by atoms with Crippen LogP contribution in [0.3, 0.4) is 0 Å². The van der Waals surface area contributed by atoms with E-state index < -0.39 is 11.9 Å². The highest BCUT2D eigenvalue weighted by molar-refractivity contribution is 5.93. The van der Waals surface area contributed by atoms with Crippen molar-refractivity contribution < 1.29 is 23.5 Å². The molecule has 1 N–H and O–H groups in total. The van der Waals surface area contributed by atoms with E-state index >= 15 is 0 Å². The van der Waals surface area contributed by atoms with Crippen molar-refractivity contribution in [3.63, 3.8) is 0 Å². The smallest absolute Gasteiger partial charge is 0.325 e. The summed E-state index contributed by atoms with van der Waals surface area (Å²) >= 11 is 0. The Balaban J connectivity index is 1.66. The number of nitrogens with zero attached hydrogens (tertiary/aromatic N) is 1. The van der Waals surface area contributed by atoms with Gasteiger partial charge >= 0.3 is 5.97 Å². The fraction of sp³-hybridized carbons (Fsp3) is 0.562. The number of ether oxygens (including phenoxy) is 1. The van der Waals surface area contributed by atoms with Crippen molar-refractivity contribution in [2.45, 2.75) is 32.1 Å². The van der Waals surface area contributed by atoms with E-state index in [0.29, 0.717) is 13.1 Å². The first-order chi connectivity index (χ1) is 11.2. The van der Waals surface area contributed by atoms with Gasteiger partial charge < -0.3 is 19.4 Å². The Morgan fingerprint density at radius 1 is 1.13 bits per heavy atom. The molecule has 0 atom stereocenters. The SMILES string of the molecule is O=C(CNC(=O)c1ccco1)OCC(=O)N1CCCCCCC1. The third-order valence-corrected chi connectivity index (χ3v) is 3.70. The molecule has 0 unspecified atom stereocenters. The highest BCUT2D eigenvalue weighted by atomic mass is 16.5. The lowest BCUT2D eigenvalue weighted by Crippen LogP contribution is -2.38. The van der Waals surface area contributed by atoms with Gasteiger partial charge in [-0.05, 0) is 25.0 Å². The summed E-state index contributed by atoms with van der Waals surface area (Å²) in [5, 5.41) is 2.37. The zero-order valence-corrected chi connectivity index (χ0v) is 13.1. The number of esters is 1. The number of hydrogen-bond donors (Lipinski definition) is 1. The summed E-state index contributed by atoms with van der Waals surface area (Å²) < 4.78 is 9.82. The van der Waals surface area contributed by atoms with E-state index in [9.17, 15) is 14.4 Å². The Bertz CT molecular complexity index is 519. The molecule has 7 nitrogen and oxygen atoms in total. The molecule has 1 aliphatic rings. The van der Waals surface area contributed by atoms with Crippen molar-refractivity contribution in [3.05, 3.63) is 24.2 Å². The summed E-state index contributed by atoms with van der Waals surface area (Å²) in [5.41, 5.74) is 0. The van der Waals surface area contributed by atoms with E-state index in [4.69, 9.17) is 9.15 Å². The molecule has 0 saturated carbocycles. The second-order valence-corrected chi connectivity index (χ2v) is 5.47. The molecule has 2 amide bonds. The summed E-state index contributed by atoms with van der Waals surface area (Å²) in [4.78, 5) is 37.0. The molecule has 1 aromatic heterocycles. The number of likely N-dealkylation sites (tertiary alicyclic amines) is 1. The molecule has 0 bridgehead atoms. The number of furan rings is 1. The first-order valence-corrected chi connectivity index (χ1v) is 7.92. The molecular formula is C16H22N2O5. The van der Waals surface area contributed by atoms with Crippen molar-refractivity contribution in [2.75, 3.05) is 26.2 Å². The minimum Gasteiger partial charge on any atom is -0.459 e. The molecule has 0 spiro atoms. The van der Waals surface area contributed by atoms with Gasteiger partial charge in [0.15, 0.2) is 12.4 Å². The molecule has 2 heterocycles. The van der Waals surface area contributed by atoms with Crippen LogP contribution in [0.2, 0.25) is 0 Å². The summed E-state index contributed by atoms with van der Waals surface area (Å²) in [6.45, 7) is 0.847. The maximum atomic E-state index is 12.0. The van der Waals surface area contributed by atoms with Crippen LogP contribution < -0.4 is 5.32 Å². The largest absolute Gasteiger partial charge is 0.459 e. The number of carbonyl (C=O) groups excluding carboxylic acids is 3. The highest BCUT2D eigenvalue weighted by Gasteiger charge is 2.17. The van der Waals surface area contributed by atoms with E-state index in [-0.39, 0.29) is 24.8 Å². The quantitative estimate of drug-likeness (QED) is 0.827. The lowest BCUT2D eigenvalue weighted by molar-refractivity contribution is -0.151. The number of amides is 2. The lowest BCUT2D eigenvalue weighted by atomic mass is 10.1. The summed E-state index contributed by atoms with van der Waals surface area (Å²) in [5.74, 6) is -1.21. The van der Waals surface area contributed by atoms with Gasteiger partial charge in [-0.2, -0.15) is 0 Å². The predicted octanol–water partition coefficient (Wildman–Crippen LogP) is 1.35. The van der Waals surface area contributed by atoms with Gasteiger partial charge in [0.05, 0.1) is 6.26 Å². The molecular weight excluding hydrogens is 300 g/mol. The number of carbonyl (C=O) groups is 3. The van der Waals surface area contributed by atoms with Gasteiger partial charge in [0, 0.05) is 13.1 Å². The second kappa shape index (κ2) is 8.97. The molecule has 23 heavy (non-hydrogen) atoms. The topological polar surface area (TPSA) is 88.9 Å². The standard InChI is InChI=1S/C16H22N2O5/c19-14(18-8-4-2-1-3-5-9-18)12-23-15(20)11-17-16(21)13-7-6-10-22-13/h6-7,10H,1-5,8-9,11-12H2,(H,17,21). The summed E-state index contributed by atoms with van der Waals surface area (Å²) in [6.07, 6.45) is 6.81. The average molecular weight is 322 g/mol.